The lowest BCUT2D eigenvalue weighted by molar-refractivity contribution is 0.238. The minimum absolute atomic E-state index is 0.0477. The van der Waals surface area contributed by atoms with Crippen LogP contribution in [0, 0.1) is 0 Å². The zero-order chi connectivity index (χ0) is 14.2. The van der Waals surface area contributed by atoms with Crippen LogP contribution in [0.1, 0.15) is 17.1 Å². The Labute approximate surface area is 124 Å². The molecule has 0 spiro atoms. The fraction of sp³-hybridized carbons (Fsp3) is 0.375. The number of hydrogen-bond donors (Lipinski definition) is 2. The van der Waals surface area contributed by atoms with Gasteiger partial charge in [-0.2, -0.15) is 11.8 Å². The molecule has 0 aliphatic rings. The SMILES string of the molecule is CSCc1ccc(CN[C@H](CO)Cc2ccccc2)o1. The van der Waals surface area contributed by atoms with E-state index in [0.717, 1.165) is 23.7 Å². The summed E-state index contributed by atoms with van der Waals surface area (Å²) in [5, 5.41) is 12.8. The van der Waals surface area contributed by atoms with Crippen LogP contribution in [0.25, 0.3) is 0 Å². The maximum absolute atomic E-state index is 9.46. The monoisotopic (exact) mass is 291 g/mol. The molecular formula is C16H21NO2S. The standard InChI is InChI=1S/C16H21NO2S/c1-20-12-16-8-7-15(19-16)10-17-14(11-18)9-13-5-3-2-4-6-13/h2-8,14,17-18H,9-12H2,1H3/t14-/m0/s1. The van der Waals surface area contributed by atoms with Crippen molar-refractivity contribution in [2.24, 2.45) is 0 Å². The Morgan fingerprint density at radius 3 is 2.60 bits per heavy atom. The largest absolute Gasteiger partial charge is 0.464 e. The summed E-state index contributed by atoms with van der Waals surface area (Å²) in [5.41, 5.74) is 1.22. The van der Waals surface area contributed by atoms with Crippen molar-refractivity contribution in [3.8, 4) is 0 Å². The van der Waals surface area contributed by atoms with E-state index in [4.69, 9.17) is 4.42 Å². The molecule has 2 aromatic rings. The Morgan fingerprint density at radius 1 is 1.15 bits per heavy atom. The highest BCUT2D eigenvalue weighted by molar-refractivity contribution is 7.97. The molecule has 20 heavy (non-hydrogen) atoms. The highest BCUT2D eigenvalue weighted by atomic mass is 32.2. The molecule has 4 heteroatoms. The predicted molar refractivity (Wildman–Crippen MR) is 83.8 cm³/mol. The zero-order valence-electron chi connectivity index (χ0n) is 11.7. The number of aliphatic hydroxyl groups excluding tert-OH is 1. The van der Waals surface area contributed by atoms with Gasteiger partial charge < -0.3 is 14.8 Å². The minimum Gasteiger partial charge on any atom is -0.464 e. The van der Waals surface area contributed by atoms with Crippen molar-refractivity contribution in [1.29, 1.82) is 0 Å². The first kappa shape index (κ1) is 15.2. The van der Waals surface area contributed by atoms with E-state index in [2.05, 4.69) is 23.7 Å². The molecule has 1 heterocycles. The van der Waals surface area contributed by atoms with E-state index in [1.165, 1.54) is 5.56 Å². The van der Waals surface area contributed by atoms with Gasteiger partial charge in [-0.25, -0.2) is 0 Å². The molecule has 0 aliphatic carbocycles. The van der Waals surface area contributed by atoms with Gasteiger partial charge in [0.1, 0.15) is 11.5 Å². The number of nitrogens with one attached hydrogen (secondary N) is 1. The van der Waals surface area contributed by atoms with Crippen LogP contribution in [0.5, 0.6) is 0 Å². The van der Waals surface area contributed by atoms with Crippen molar-refractivity contribution >= 4 is 11.8 Å². The van der Waals surface area contributed by atoms with Crippen molar-refractivity contribution in [3.05, 3.63) is 59.5 Å². The molecule has 0 saturated heterocycles. The third kappa shape index (κ3) is 4.71. The fourth-order valence-electron chi connectivity index (χ4n) is 2.08. The smallest absolute Gasteiger partial charge is 0.118 e. The Bertz CT molecular complexity index is 498. The first-order valence-corrected chi connectivity index (χ1v) is 8.16. The second-order valence-electron chi connectivity index (χ2n) is 4.75. The first-order valence-electron chi connectivity index (χ1n) is 6.76. The summed E-state index contributed by atoms with van der Waals surface area (Å²) >= 11 is 1.74. The van der Waals surface area contributed by atoms with Gasteiger partial charge in [0.05, 0.1) is 18.9 Å². The maximum atomic E-state index is 9.46. The summed E-state index contributed by atoms with van der Waals surface area (Å²) in [6, 6.07) is 14.2. The summed E-state index contributed by atoms with van der Waals surface area (Å²) in [7, 11) is 0. The number of hydrogen-bond acceptors (Lipinski definition) is 4. The molecule has 0 unspecified atom stereocenters. The van der Waals surface area contributed by atoms with Gasteiger partial charge in [0.25, 0.3) is 0 Å². The molecule has 0 saturated carbocycles. The fourth-order valence-corrected chi connectivity index (χ4v) is 2.52. The van der Waals surface area contributed by atoms with Gasteiger partial charge >= 0.3 is 0 Å². The topological polar surface area (TPSA) is 45.4 Å². The average Bonchev–Trinajstić information content (AvgIpc) is 2.92. The van der Waals surface area contributed by atoms with E-state index in [9.17, 15) is 5.11 Å². The van der Waals surface area contributed by atoms with Crippen LogP contribution in [-0.4, -0.2) is 24.0 Å². The predicted octanol–water partition coefficient (Wildman–Crippen LogP) is 2.84. The van der Waals surface area contributed by atoms with E-state index in [0.29, 0.717) is 6.54 Å². The molecule has 3 nitrogen and oxygen atoms in total. The molecule has 0 fully saturated rings. The van der Waals surface area contributed by atoms with Crippen LogP contribution in [0.4, 0.5) is 0 Å². The molecule has 1 aromatic carbocycles. The normalized spacial score (nSPS) is 12.5. The molecule has 1 aromatic heterocycles. The Balaban J connectivity index is 1.83. The van der Waals surface area contributed by atoms with E-state index in [-0.39, 0.29) is 12.6 Å². The molecule has 0 aliphatic heterocycles. The molecular weight excluding hydrogens is 270 g/mol. The van der Waals surface area contributed by atoms with Gasteiger partial charge in [-0.1, -0.05) is 30.3 Å². The van der Waals surface area contributed by atoms with Gasteiger partial charge in [-0.05, 0) is 30.4 Å². The summed E-state index contributed by atoms with van der Waals surface area (Å²) in [5.74, 6) is 2.81. The Kier molecular flexibility index (Phi) is 6.18. The molecule has 0 radical (unpaired) electrons. The summed E-state index contributed by atoms with van der Waals surface area (Å²) < 4.78 is 5.70. The Morgan fingerprint density at radius 2 is 1.90 bits per heavy atom. The Hall–Kier alpha value is -1.23. The van der Waals surface area contributed by atoms with Crippen molar-refractivity contribution in [3.63, 3.8) is 0 Å². The van der Waals surface area contributed by atoms with Gasteiger partial charge in [-0.15, -0.1) is 0 Å². The van der Waals surface area contributed by atoms with Crippen molar-refractivity contribution in [2.45, 2.75) is 24.8 Å². The first-order chi connectivity index (χ1) is 9.81. The molecule has 1 atom stereocenters. The minimum atomic E-state index is 0.0477. The van der Waals surface area contributed by atoms with Crippen LogP contribution in [-0.2, 0) is 18.7 Å². The lowest BCUT2D eigenvalue weighted by atomic mass is 10.1. The van der Waals surface area contributed by atoms with Gasteiger partial charge in [-0.3, -0.25) is 0 Å². The molecule has 2 rings (SSSR count). The summed E-state index contributed by atoms with van der Waals surface area (Å²) in [6.45, 7) is 0.764. The second kappa shape index (κ2) is 8.15. The van der Waals surface area contributed by atoms with Crippen LogP contribution >= 0.6 is 11.8 Å². The number of thioether (sulfide) groups is 1. The van der Waals surface area contributed by atoms with Gasteiger partial charge in [0.2, 0.25) is 0 Å². The van der Waals surface area contributed by atoms with Crippen LogP contribution < -0.4 is 5.32 Å². The lowest BCUT2D eigenvalue weighted by Gasteiger charge is -2.15. The third-order valence-electron chi connectivity index (χ3n) is 3.11. The van der Waals surface area contributed by atoms with Crippen molar-refractivity contribution in [2.75, 3.05) is 12.9 Å². The van der Waals surface area contributed by atoms with E-state index >= 15 is 0 Å². The molecule has 108 valence electrons. The molecule has 0 amide bonds. The third-order valence-corrected chi connectivity index (χ3v) is 3.69. The number of furan rings is 1. The van der Waals surface area contributed by atoms with E-state index in [1.54, 1.807) is 11.8 Å². The summed E-state index contributed by atoms with van der Waals surface area (Å²) in [4.78, 5) is 0. The maximum Gasteiger partial charge on any atom is 0.118 e. The lowest BCUT2D eigenvalue weighted by Crippen LogP contribution is -2.33. The van der Waals surface area contributed by atoms with Crippen LogP contribution in [0.15, 0.2) is 46.9 Å². The zero-order valence-corrected chi connectivity index (χ0v) is 12.5. The van der Waals surface area contributed by atoms with E-state index in [1.807, 2.05) is 30.3 Å². The average molecular weight is 291 g/mol. The van der Waals surface area contributed by atoms with Gasteiger partial charge in [0.15, 0.2) is 0 Å². The van der Waals surface area contributed by atoms with Crippen LogP contribution in [0.3, 0.4) is 0 Å². The number of rotatable bonds is 8. The highest BCUT2D eigenvalue weighted by Gasteiger charge is 2.09. The van der Waals surface area contributed by atoms with Crippen molar-refractivity contribution < 1.29 is 9.52 Å². The molecule has 2 N–H and O–H groups in total. The quantitative estimate of drug-likeness (QED) is 0.785. The second-order valence-corrected chi connectivity index (χ2v) is 5.62. The number of aliphatic hydroxyl groups is 1. The van der Waals surface area contributed by atoms with Crippen LogP contribution in [0.2, 0.25) is 0 Å². The highest BCUT2D eigenvalue weighted by Crippen LogP contribution is 2.13. The number of benzene rings is 1. The van der Waals surface area contributed by atoms with Gasteiger partial charge in [0, 0.05) is 6.04 Å². The summed E-state index contributed by atoms with van der Waals surface area (Å²) in [6.07, 6.45) is 2.87. The molecule has 0 bridgehead atoms. The van der Waals surface area contributed by atoms with Crippen molar-refractivity contribution in [1.82, 2.24) is 5.32 Å². The van der Waals surface area contributed by atoms with E-state index < -0.39 is 0 Å².